The van der Waals surface area contributed by atoms with Crippen LogP contribution in [0, 0.1) is 0 Å². The number of methoxy groups -OCH3 is 1. The van der Waals surface area contributed by atoms with Crippen LogP contribution < -0.4 is 4.74 Å². The lowest BCUT2D eigenvalue weighted by Gasteiger charge is -2.19. The Balaban J connectivity index is 2.34. The van der Waals surface area contributed by atoms with E-state index in [2.05, 4.69) is 0 Å². The van der Waals surface area contributed by atoms with Crippen LogP contribution >= 0.6 is 0 Å². The first-order chi connectivity index (χ1) is 12.1. The van der Waals surface area contributed by atoms with Crippen molar-refractivity contribution in [1.29, 1.82) is 0 Å². The lowest BCUT2D eigenvalue weighted by molar-refractivity contribution is 0.0773. The molecule has 1 N–H and O–H groups in total. The SMILES string of the molecule is CCN(CC)C(=O)c1ccc(/C(=C\CO)c2cccc(OC)c2)cc1. The van der Waals surface area contributed by atoms with E-state index >= 15 is 0 Å². The van der Waals surface area contributed by atoms with Crippen molar-refractivity contribution in [3.63, 3.8) is 0 Å². The predicted molar refractivity (Wildman–Crippen MR) is 101 cm³/mol. The number of hydrogen-bond donors (Lipinski definition) is 1. The first kappa shape index (κ1) is 18.7. The average Bonchev–Trinajstić information content (AvgIpc) is 2.67. The number of ether oxygens (including phenoxy) is 1. The monoisotopic (exact) mass is 339 g/mol. The van der Waals surface area contributed by atoms with Gasteiger partial charge in [0.25, 0.3) is 5.91 Å². The van der Waals surface area contributed by atoms with Crippen molar-refractivity contribution in [2.24, 2.45) is 0 Å². The molecule has 0 fully saturated rings. The molecule has 1 amide bonds. The molecule has 0 aliphatic rings. The highest BCUT2D eigenvalue weighted by Crippen LogP contribution is 2.26. The number of aliphatic hydroxyl groups is 1. The zero-order valence-corrected chi connectivity index (χ0v) is 15.0. The van der Waals surface area contributed by atoms with Gasteiger partial charge >= 0.3 is 0 Å². The highest BCUT2D eigenvalue weighted by atomic mass is 16.5. The second kappa shape index (κ2) is 9.04. The van der Waals surface area contributed by atoms with Gasteiger partial charge in [0.1, 0.15) is 5.75 Å². The van der Waals surface area contributed by atoms with Crippen LogP contribution in [0.4, 0.5) is 0 Å². The number of amides is 1. The van der Waals surface area contributed by atoms with Gasteiger partial charge in [-0.1, -0.05) is 30.3 Å². The molecule has 4 nitrogen and oxygen atoms in total. The van der Waals surface area contributed by atoms with Crippen molar-refractivity contribution in [3.05, 3.63) is 71.3 Å². The molecule has 0 spiro atoms. The van der Waals surface area contributed by atoms with Crippen molar-refractivity contribution in [1.82, 2.24) is 4.90 Å². The maximum absolute atomic E-state index is 12.4. The van der Waals surface area contributed by atoms with Gasteiger partial charge < -0.3 is 14.7 Å². The standard InChI is InChI=1S/C21H25NO3/c1-4-22(5-2)21(24)17-11-9-16(10-12-17)20(13-14-23)18-7-6-8-19(15-18)25-3/h6-13,15,23H,4-5,14H2,1-3H3/b20-13+. The fraction of sp³-hybridized carbons (Fsp3) is 0.286. The molecular weight excluding hydrogens is 314 g/mol. The maximum atomic E-state index is 12.4. The van der Waals surface area contributed by atoms with Crippen LogP contribution in [0.1, 0.15) is 35.3 Å². The van der Waals surface area contributed by atoms with Crippen LogP contribution in [0.3, 0.4) is 0 Å². The van der Waals surface area contributed by atoms with Gasteiger partial charge in [0.05, 0.1) is 13.7 Å². The molecule has 0 saturated heterocycles. The van der Waals surface area contributed by atoms with E-state index in [1.54, 1.807) is 18.1 Å². The number of benzene rings is 2. The summed E-state index contributed by atoms with van der Waals surface area (Å²) in [7, 11) is 1.63. The second-order valence-corrected chi connectivity index (χ2v) is 5.59. The normalized spacial score (nSPS) is 11.3. The number of aliphatic hydroxyl groups excluding tert-OH is 1. The summed E-state index contributed by atoms with van der Waals surface area (Å²) >= 11 is 0. The van der Waals surface area contributed by atoms with Gasteiger partial charge in [-0.25, -0.2) is 0 Å². The number of carbonyl (C=O) groups is 1. The summed E-state index contributed by atoms with van der Waals surface area (Å²) in [6.45, 7) is 5.26. The van der Waals surface area contributed by atoms with Gasteiger partial charge in [-0.2, -0.15) is 0 Å². The fourth-order valence-corrected chi connectivity index (χ4v) is 2.77. The van der Waals surface area contributed by atoms with Crippen molar-refractivity contribution in [2.75, 3.05) is 26.8 Å². The molecule has 0 unspecified atom stereocenters. The molecular formula is C21H25NO3. The molecule has 132 valence electrons. The average molecular weight is 339 g/mol. The minimum atomic E-state index is -0.0628. The third-order valence-corrected chi connectivity index (χ3v) is 4.17. The number of nitrogens with zero attached hydrogens (tertiary/aromatic N) is 1. The topological polar surface area (TPSA) is 49.8 Å². The van der Waals surface area contributed by atoms with E-state index in [1.807, 2.05) is 62.4 Å². The Kier molecular flexibility index (Phi) is 6.78. The Morgan fingerprint density at radius 2 is 1.68 bits per heavy atom. The first-order valence-electron chi connectivity index (χ1n) is 8.49. The molecule has 2 aromatic carbocycles. The summed E-state index contributed by atoms with van der Waals surface area (Å²) in [5, 5.41) is 9.40. The molecule has 25 heavy (non-hydrogen) atoms. The van der Waals surface area contributed by atoms with E-state index < -0.39 is 0 Å². The Labute approximate surface area is 149 Å². The summed E-state index contributed by atoms with van der Waals surface area (Å²) in [4.78, 5) is 14.2. The summed E-state index contributed by atoms with van der Waals surface area (Å²) in [5.41, 5.74) is 3.47. The zero-order chi connectivity index (χ0) is 18.2. The summed E-state index contributed by atoms with van der Waals surface area (Å²) in [6.07, 6.45) is 1.76. The smallest absolute Gasteiger partial charge is 0.253 e. The number of rotatable bonds is 7. The van der Waals surface area contributed by atoms with E-state index in [9.17, 15) is 9.90 Å². The fourth-order valence-electron chi connectivity index (χ4n) is 2.77. The predicted octanol–water partition coefficient (Wildman–Crippen LogP) is 3.60. The van der Waals surface area contributed by atoms with Gasteiger partial charge in [-0.15, -0.1) is 0 Å². The molecule has 0 heterocycles. The van der Waals surface area contributed by atoms with E-state index in [1.165, 1.54) is 0 Å². The lowest BCUT2D eigenvalue weighted by atomic mass is 9.96. The highest BCUT2D eigenvalue weighted by Gasteiger charge is 2.13. The quantitative estimate of drug-likeness (QED) is 0.838. The minimum Gasteiger partial charge on any atom is -0.497 e. The van der Waals surface area contributed by atoms with Crippen molar-refractivity contribution in [3.8, 4) is 5.75 Å². The third-order valence-electron chi connectivity index (χ3n) is 4.17. The zero-order valence-electron chi connectivity index (χ0n) is 15.0. The lowest BCUT2D eigenvalue weighted by Crippen LogP contribution is -2.30. The molecule has 4 heteroatoms. The largest absolute Gasteiger partial charge is 0.497 e. The highest BCUT2D eigenvalue weighted by molar-refractivity contribution is 5.94. The first-order valence-corrected chi connectivity index (χ1v) is 8.49. The molecule has 2 aromatic rings. The van der Waals surface area contributed by atoms with Gasteiger partial charge in [0.15, 0.2) is 0 Å². The Morgan fingerprint density at radius 1 is 1.04 bits per heavy atom. The maximum Gasteiger partial charge on any atom is 0.253 e. The van der Waals surface area contributed by atoms with Gasteiger partial charge in [-0.05, 0) is 54.8 Å². The molecule has 0 atom stereocenters. The van der Waals surface area contributed by atoms with Crippen molar-refractivity contribution in [2.45, 2.75) is 13.8 Å². The molecule has 0 aliphatic heterocycles. The molecule has 0 aromatic heterocycles. The van der Waals surface area contributed by atoms with Gasteiger partial charge in [0.2, 0.25) is 0 Å². The van der Waals surface area contributed by atoms with Crippen LogP contribution in [-0.4, -0.2) is 42.7 Å². The molecule has 2 rings (SSSR count). The number of hydrogen-bond acceptors (Lipinski definition) is 3. The minimum absolute atomic E-state index is 0.0330. The Bertz CT molecular complexity index is 731. The van der Waals surface area contributed by atoms with Crippen LogP contribution in [0.25, 0.3) is 5.57 Å². The van der Waals surface area contributed by atoms with E-state index in [-0.39, 0.29) is 12.5 Å². The van der Waals surface area contributed by atoms with Gasteiger partial charge in [-0.3, -0.25) is 4.79 Å². The van der Waals surface area contributed by atoms with E-state index in [4.69, 9.17) is 4.74 Å². The second-order valence-electron chi connectivity index (χ2n) is 5.59. The van der Waals surface area contributed by atoms with Crippen LogP contribution in [-0.2, 0) is 0 Å². The van der Waals surface area contributed by atoms with Gasteiger partial charge in [0, 0.05) is 18.7 Å². The molecule has 0 aliphatic carbocycles. The summed E-state index contributed by atoms with van der Waals surface area (Å²) in [5.74, 6) is 0.792. The van der Waals surface area contributed by atoms with Crippen molar-refractivity contribution >= 4 is 11.5 Å². The van der Waals surface area contributed by atoms with E-state index in [0.29, 0.717) is 18.7 Å². The Morgan fingerprint density at radius 3 is 2.24 bits per heavy atom. The van der Waals surface area contributed by atoms with E-state index in [0.717, 1.165) is 22.4 Å². The Hall–Kier alpha value is -2.59. The van der Waals surface area contributed by atoms with Crippen LogP contribution in [0.2, 0.25) is 0 Å². The summed E-state index contributed by atoms with van der Waals surface area (Å²) in [6, 6.07) is 15.2. The van der Waals surface area contributed by atoms with Crippen molar-refractivity contribution < 1.29 is 14.6 Å². The molecule has 0 bridgehead atoms. The van der Waals surface area contributed by atoms with Crippen LogP contribution in [0.5, 0.6) is 5.75 Å². The summed E-state index contributed by atoms with van der Waals surface area (Å²) < 4.78 is 5.28. The van der Waals surface area contributed by atoms with Crippen LogP contribution in [0.15, 0.2) is 54.6 Å². The molecule has 0 radical (unpaired) electrons. The number of carbonyl (C=O) groups excluding carboxylic acids is 1. The molecule has 0 saturated carbocycles. The third kappa shape index (κ3) is 4.48.